The minimum absolute atomic E-state index is 0.0192. The van der Waals surface area contributed by atoms with Crippen molar-refractivity contribution < 1.29 is 40.6 Å². The number of halogens is 3. The van der Waals surface area contributed by atoms with Gasteiger partial charge in [-0.15, -0.1) is 0 Å². The van der Waals surface area contributed by atoms with Crippen LogP contribution in [0.5, 0.6) is 5.75 Å². The molecule has 0 radical (unpaired) electrons. The molecule has 0 atom stereocenters. The minimum atomic E-state index is -5.01. The van der Waals surface area contributed by atoms with E-state index in [1.54, 1.807) is 67.9 Å². The lowest BCUT2D eigenvalue weighted by molar-refractivity contribution is -0.160. The van der Waals surface area contributed by atoms with Gasteiger partial charge in [0.15, 0.2) is 0 Å². The zero-order chi connectivity index (χ0) is 36.2. The molecule has 0 unspecified atom stereocenters. The summed E-state index contributed by atoms with van der Waals surface area (Å²) in [7, 11) is -3.30. The largest absolute Gasteiger partial charge is 0.491 e. The Hall–Kier alpha value is -5.16. The van der Waals surface area contributed by atoms with Crippen molar-refractivity contribution in [2.45, 2.75) is 45.1 Å². The number of rotatable bonds is 14. The highest BCUT2D eigenvalue weighted by Crippen LogP contribution is 2.39. The lowest BCUT2D eigenvalue weighted by Gasteiger charge is -2.19. The SMILES string of the molecule is Cn1nc(-c2ccc(NS(=O)(=O)C(F)F)c(OCCc3ccc(F)cc3)c2)c2c(N)ncc(-c3cnn(CCOCC(=O)OC(C)(C)C)c3)c21. The van der Waals surface area contributed by atoms with E-state index >= 15 is 0 Å². The van der Waals surface area contributed by atoms with E-state index in [2.05, 4.69) is 15.2 Å². The van der Waals surface area contributed by atoms with E-state index in [9.17, 15) is 26.4 Å². The number of esters is 1. The van der Waals surface area contributed by atoms with E-state index in [0.29, 0.717) is 46.3 Å². The van der Waals surface area contributed by atoms with Crippen LogP contribution in [0.4, 0.5) is 24.7 Å². The fraction of sp³-hybridized carbons (Fsp3) is 0.333. The Morgan fingerprint density at radius 3 is 2.50 bits per heavy atom. The molecule has 5 aromatic rings. The molecular formula is C33H36F3N7O6S. The van der Waals surface area contributed by atoms with E-state index < -0.39 is 33.2 Å². The molecule has 0 aliphatic heterocycles. The van der Waals surface area contributed by atoms with Crippen LogP contribution in [-0.4, -0.2) is 70.1 Å². The van der Waals surface area contributed by atoms with Gasteiger partial charge in [0.1, 0.15) is 35.3 Å². The fourth-order valence-corrected chi connectivity index (χ4v) is 5.62. The third kappa shape index (κ3) is 8.70. The van der Waals surface area contributed by atoms with Crippen molar-refractivity contribution in [3.05, 3.63) is 72.4 Å². The molecule has 266 valence electrons. The third-order valence-corrected chi connectivity index (χ3v) is 8.22. The molecule has 0 saturated carbocycles. The fourth-order valence-electron chi connectivity index (χ4n) is 5.06. The van der Waals surface area contributed by atoms with Crippen molar-refractivity contribution in [3.8, 4) is 28.1 Å². The summed E-state index contributed by atoms with van der Waals surface area (Å²) >= 11 is 0. The van der Waals surface area contributed by atoms with Crippen LogP contribution in [-0.2, 0) is 44.3 Å². The number of anilines is 2. The van der Waals surface area contributed by atoms with Crippen molar-refractivity contribution in [3.63, 3.8) is 0 Å². The van der Waals surface area contributed by atoms with E-state index in [0.717, 1.165) is 5.56 Å². The second-order valence-electron chi connectivity index (χ2n) is 12.2. The number of nitrogens with two attached hydrogens (primary N) is 1. The number of benzene rings is 2. The first-order valence-corrected chi connectivity index (χ1v) is 16.9. The van der Waals surface area contributed by atoms with Crippen molar-refractivity contribution in [1.29, 1.82) is 0 Å². The first-order chi connectivity index (χ1) is 23.6. The van der Waals surface area contributed by atoms with Crippen molar-refractivity contribution in [2.75, 3.05) is 30.3 Å². The number of alkyl halides is 2. The molecule has 0 spiro atoms. The summed E-state index contributed by atoms with van der Waals surface area (Å²) < 4.78 is 85.7. The van der Waals surface area contributed by atoms with Crippen LogP contribution in [0, 0.1) is 5.82 Å². The quantitative estimate of drug-likeness (QED) is 0.116. The molecule has 50 heavy (non-hydrogen) atoms. The van der Waals surface area contributed by atoms with Gasteiger partial charge in [-0.1, -0.05) is 18.2 Å². The maximum atomic E-state index is 13.3. The highest BCUT2D eigenvalue weighted by molar-refractivity contribution is 7.93. The zero-order valence-electron chi connectivity index (χ0n) is 27.7. The first kappa shape index (κ1) is 36.1. The molecule has 3 heterocycles. The standard InChI is InChI=1S/C33H36F3N7O6S/c1-33(2,3)49-27(44)19-47-14-12-43-18-22(16-39-43)24-17-38-31(37)28-29(40-42(4)30(24)28)21-7-10-25(41-50(45,46)32(35)36)26(15-21)48-13-11-20-5-8-23(34)9-6-20/h5-10,15-18,32,41H,11-14,19H2,1-4H3,(H2,37,38). The molecule has 3 N–H and O–H groups in total. The molecule has 0 bridgehead atoms. The Labute approximate surface area is 286 Å². The van der Waals surface area contributed by atoms with Gasteiger partial charge in [0.05, 0.1) is 42.5 Å². The highest BCUT2D eigenvalue weighted by Gasteiger charge is 2.26. The predicted molar refractivity (Wildman–Crippen MR) is 180 cm³/mol. The van der Waals surface area contributed by atoms with Crippen LogP contribution in [0.15, 0.2) is 61.1 Å². The van der Waals surface area contributed by atoms with E-state index in [1.165, 1.54) is 30.3 Å². The highest BCUT2D eigenvalue weighted by atomic mass is 32.2. The molecule has 0 aliphatic rings. The van der Waals surface area contributed by atoms with E-state index in [-0.39, 0.29) is 37.1 Å². The molecule has 0 saturated heterocycles. The summed E-state index contributed by atoms with van der Waals surface area (Å²) in [6.45, 7) is 5.73. The van der Waals surface area contributed by atoms with Crippen LogP contribution in [0.25, 0.3) is 33.3 Å². The number of nitrogens with zero attached hydrogens (tertiary/aromatic N) is 5. The molecule has 17 heteroatoms. The van der Waals surface area contributed by atoms with Gasteiger partial charge in [-0.25, -0.2) is 22.6 Å². The number of ether oxygens (including phenoxy) is 3. The third-order valence-electron chi connectivity index (χ3n) is 7.24. The number of aryl methyl sites for hydroxylation is 1. The van der Waals surface area contributed by atoms with Crippen LogP contribution >= 0.6 is 0 Å². The number of nitrogens with one attached hydrogen (secondary N) is 1. The maximum Gasteiger partial charge on any atom is 0.355 e. The molecular weight excluding hydrogens is 679 g/mol. The molecule has 0 fully saturated rings. The van der Waals surface area contributed by atoms with Crippen molar-refractivity contribution in [2.24, 2.45) is 7.05 Å². The van der Waals surface area contributed by atoms with Crippen LogP contribution in [0.1, 0.15) is 26.3 Å². The number of carbonyl (C=O) groups is 1. The van der Waals surface area contributed by atoms with Gasteiger partial charge in [-0.2, -0.15) is 19.0 Å². The number of pyridine rings is 1. The van der Waals surface area contributed by atoms with Gasteiger partial charge in [-0.05, 0) is 50.6 Å². The van der Waals surface area contributed by atoms with Gasteiger partial charge in [0.25, 0.3) is 10.0 Å². The molecule has 13 nitrogen and oxygen atoms in total. The second-order valence-corrected chi connectivity index (χ2v) is 13.9. The molecule has 2 aromatic carbocycles. The molecule has 0 aliphatic carbocycles. The Bertz CT molecular complexity index is 2100. The number of carbonyl (C=O) groups excluding carboxylic acids is 1. The Balaban J connectivity index is 1.41. The topological polar surface area (TPSA) is 165 Å². The van der Waals surface area contributed by atoms with E-state index in [1.807, 2.05) is 4.72 Å². The van der Waals surface area contributed by atoms with Gasteiger partial charge < -0.3 is 19.9 Å². The zero-order valence-corrected chi connectivity index (χ0v) is 28.5. The normalized spacial score (nSPS) is 12.1. The average Bonchev–Trinajstić information content (AvgIpc) is 3.65. The summed E-state index contributed by atoms with van der Waals surface area (Å²) in [5, 5.41) is 9.56. The average molecular weight is 716 g/mol. The summed E-state index contributed by atoms with van der Waals surface area (Å²) in [6, 6.07) is 10.0. The van der Waals surface area contributed by atoms with Gasteiger partial charge in [0, 0.05) is 42.6 Å². The number of aromatic nitrogens is 5. The summed E-state index contributed by atoms with van der Waals surface area (Å²) in [4.78, 5) is 16.3. The summed E-state index contributed by atoms with van der Waals surface area (Å²) in [5.74, 6) is -4.41. The lowest BCUT2D eigenvalue weighted by atomic mass is 10.0. The van der Waals surface area contributed by atoms with Gasteiger partial charge in [0.2, 0.25) is 0 Å². The molecule has 3 aromatic heterocycles. The van der Waals surface area contributed by atoms with Crippen molar-refractivity contribution in [1.82, 2.24) is 24.5 Å². The maximum absolute atomic E-state index is 13.3. The van der Waals surface area contributed by atoms with Gasteiger partial charge in [-0.3, -0.25) is 14.1 Å². The van der Waals surface area contributed by atoms with Crippen LogP contribution in [0.3, 0.4) is 0 Å². The van der Waals surface area contributed by atoms with E-state index in [4.69, 9.17) is 19.9 Å². The van der Waals surface area contributed by atoms with Gasteiger partial charge >= 0.3 is 11.7 Å². The predicted octanol–water partition coefficient (Wildman–Crippen LogP) is 5.16. The monoisotopic (exact) mass is 715 g/mol. The minimum Gasteiger partial charge on any atom is -0.491 e. The number of sulfonamides is 1. The van der Waals surface area contributed by atoms with Crippen LogP contribution < -0.4 is 15.2 Å². The van der Waals surface area contributed by atoms with Crippen LogP contribution in [0.2, 0.25) is 0 Å². The number of hydrogen-bond acceptors (Lipinski definition) is 10. The first-order valence-electron chi connectivity index (χ1n) is 15.4. The number of hydrogen-bond donors (Lipinski definition) is 2. The molecule has 5 rings (SSSR count). The summed E-state index contributed by atoms with van der Waals surface area (Å²) in [5.41, 5.74) is 9.10. The molecule has 0 amide bonds. The Kier molecular flexibility index (Phi) is 10.7. The number of nitrogen functional groups attached to an aromatic ring is 1. The Morgan fingerprint density at radius 1 is 1.06 bits per heavy atom. The Morgan fingerprint density at radius 2 is 1.80 bits per heavy atom. The smallest absolute Gasteiger partial charge is 0.355 e. The summed E-state index contributed by atoms with van der Waals surface area (Å²) in [6.07, 6.45) is 5.34. The lowest BCUT2D eigenvalue weighted by Crippen LogP contribution is -2.27. The van der Waals surface area contributed by atoms with Crippen molar-refractivity contribution >= 4 is 38.4 Å². The number of fused-ring (bicyclic) bond motifs is 1. The second kappa shape index (κ2) is 14.8.